The molecule has 21 heavy (non-hydrogen) atoms. The molecule has 3 rings (SSSR count). The van der Waals surface area contributed by atoms with Crippen molar-refractivity contribution in [3.05, 3.63) is 35.2 Å². The molecule has 1 fully saturated rings. The molecule has 0 atom stereocenters. The van der Waals surface area contributed by atoms with Crippen molar-refractivity contribution in [2.24, 2.45) is 0 Å². The Hall–Kier alpha value is -1.39. The SMILES string of the molecule is CNCc1sc(N(C)C2CCCC2)nc1-c1ccccc1. The van der Waals surface area contributed by atoms with Crippen molar-refractivity contribution >= 4 is 16.5 Å². The molecule has 0 unspecified atom stereocenters. The average molecular weight is 301 g/mol. The lowest BCUT2D eigenvalue weighted by Gasteiger charge is -2.23. The smallest absolute Gasteiger partial charge is 0.186 e. The van der Waals surface area contributed by atoms with Crippen LogP contribution in [-0.4, -0.2) is 25.1 Å². The fourth-order valence-electron chi connectivity index (χ4n) is 3.04. The number of hydrogen-bond donors (Lipinski definition) is 1. The van der Waals surface area contributed by atoms with Gasteiger partial charge in [-0.3, -0.25) is 0 Å². The molecule has 0 aliphatic heterocycles. The molecule has 1 saturated carbocycles. The number of hydrogen-bond acceptors (Lipinski definition) is 4. The summed E-state index contributed by atoms with van der Waals surface area (Å²) in [6.45, 7) is 0.875. The third-order valence-corrected chi connectivity index (χ3v) is 5.39. The monoisotopic (exact) mass is 301 g/mol. The third kappa shape index (κ3) is 3.11. The lowest BCUT2D eigenvalue weighted by molar-refractivity contribution is 0.652. The van der Waals surface area contributed by atoms with Gasteiger partial charge >= 0.3 is 0 Å². The molecule has 1 aromatic carbocycles. The first-order valence-electron chi connectivity index (χ1n) is 7.72. The van der Waals surface area contributed by atoms with Gasteiger partial charge in [0, 0.05) is 30.1 Å². The first kappa shape index (κ1) is 14.5. The Balaban J connectivity index is 1.92. The quantitative estimate of drug-likeness (QED) is 0.907. The molecule has 1 heterocycles. The predicted octanol–water partition coefficient (Wildman–Crippen LogP) is 3.91. The molecule has 0 saturated heterocycles. The number of aromatic nitrogens is 1. The van der Waals surface area contributed by atoms with Crippen LogP contribution in [0.25, 0.3) is 11.3 Å². The van der Waals surface area contributed by atoms with Crippen molar-refractivity contribution in [3.8, 4) is 11.3 Å². The minimum atomic E-state index is 0.669. The van der Waals surface area contributed by atoms with E-state index in [9.17, 15) is 0 Å². The largest absolute Gasteiger partial charge is 0.348 e. The van der Waals surface area contributed by atoms with E-state index >= 15 is 0 Å². The number of anilines is 1. The Morgan fingerprint density at radius 2 is 1.95 bits per heavy atom. The lowest BCUT2D eigenvalue weighted by atomic mass is 10.1. The Morgan fingerprint density at radius 3 is 2.62 bits per heavy atom. The standard InChI is InChI=1S/C17H23N3S/c1-18-12-15-16(13-8-4-3-5-9-13)19-17(21-15)20(2)14-10-6-7-11-14/h3-5,8-9,14,18H,6-7,10-12H2,1-2H3. The van der Waals surface area contributed by atoms with E-state index in [0.29, 0.717) is 6.04 Å². The highest BCUT2D eigenvalue weighted by Gasteiger charge is 2.23. The molecule has 0 bridgehead atoms. The minimum Gasteiger partial charge on any atom is -0.348 e. The molecular formula is C17H23N3S. The molecule has 0 amide bonds. The summed E-state index contributed by atoms with van der Waals surface area (Å²) in [5.74, 6) is 0. The zero-order valence-corrected chi connectivity index (χ0v) is 13.6. The first-order valence-corrected chi connectivity index (χ1v) is 8.54. The molecule has 1 aromatic heterocycles. The Labute approximate surface area is 131 Å². The summed E-state index contributed by atoms with van der Waals surface area (Å²) in [5, 5.41) is 4.43. The maximum Gasteiger partial charge on any atom is 0.186 e. The maximum atomic E-state index is 4.95. The van der Waals surface area contributed by atoms with Crippen LogP contribution in [-0.2, 0) is 6.54 Å². The highest BCUT2D eigenvalue weighted by atomic mass is 32.1. The number of benzene rings is 1. The van der Waals surface area contributed by atoms with Gasteiger partial charge in [0.1, 0.15) is 0 Å². The summed E-state index contributed by atoms with van der Waals surface area (Å²) >= 11 is 1.83. The van der Waals surface area contributed by atoms with Crippen molar-refractivity contribution in [1.82, 2.24) is 10.3 Å². The number of rotatable bonds is 5. The van der Waals surface area contributed by atoms with E-state index in [1.807, 2.05) is 18.4 Å². The van der Waals surface area contributed by atoms with Crippen LogP contribution in [0.3, 0.4) is 0 Å². The van der Waals surface area contributed by atoms with E-state index in [1.165, 1.54) is 36.1 Å². The highest BCUT2D eigenvalue weighted by Crippen LogP contribution is 2.35. The van der Waals surface area contributed by atoms with Crippen molar-refractivity contribution in [1.29, 1.82) is 0 Å². The third-order valence-electron chi connectivity index (χ3n) is 4.24. The van der Waals surface area contributed by atoms with Gasteiger partial charge in [-0.25, -0.2) is 4.98 Å². The highest BCUT2D eigenvalue weighted by molar-refractivity contribution is 7.16. The fourth-order valence-corrected chi connectivity index (χ4v) is 4.17. The Morgan fingerprint density at radius 1 is 1.24 bits per heavy atom. The zero-order valence-electron chi connectivity index (χ0n) is 12.8. The second-order valence-electron chi connectivity index (χ2n) is 5.71. The number of nitrogens with zero attached hydrogens (tertiary/aromatic N) is 2. The van der Waals surface area contributed by atoms with Gasteiger partial charge in [-0.2, -0.15) is 0 Å². The summed E-state index contributed by atoms with van der Waals surface area (Å²) < 4.78 is 0. The molecule has 4 heteroatoms. The molecule has 0 spiro atoms. The second-order valence-corrected chi connectivity index (χ2v) is 6.78. The van der Waals surface area contributed by atoms with Crippen LogP contribution in [0, 0.1) is 0 Å². The van der Waals surface area contributed by atoms with Crippen LogP contribution in [0.15, 0.2) is 30.3 Å². The second kappa shape index (κ2) is 6.58. The molecule has 1 aliphatic rings. The van der Waals surface area contributed by atoms with Gasteiger partial charge in [-0.15, -0.1) is 0 Å². The van der Waals surface area contributed by atoms with Gasteiger partial charge < -0.3 is 10.2 Å². The zero-order chi connectivity index (χ0) is 14.7. The van der Waals surface area contributed by atoms with Gasteiger partial charge in [0.15, 0.2) is 5.13 Å². The minimum absolute atomic E-state index is 0.669. The predicted molar refractivity (Wildman–Crippen MR) is 91.0 cm³/mol. The molecule has 1 aliphatic carbocycles. The normalized spacial score (nSPS) is 15.5. The topological polar surface area (TPSA) is 28.2 Å². The van der Waals surface area contributed by atoms with E-state index in [-0.39, 0.29) is 0 Å². The molecule has 0 radical (unpaired) electrons. The summed E-state index contributed by atoms with van der Waals surface area (Å²) in [5.41, 5.74) is 2.35. The van der Waals surface area contributed by atoms with Gasteiger partial charge in [-0.05, 0) is 19.9 Å². The molecule has 2 aromatic rings. The van der Waals surface area contributed by atoms with Crippen molar-refractivity contribution in [2.75, 3.05) is 19.0 Å². The number of nitrogens with one attached hydrogen (secondary N) is 1. The van der Waals surface area contributed by atoms with E-state index in [0.717, 1.165) is 17.4 Å². The summed E-state index contributed by atoms with van der Waals surface area (Å²) in [4.78, 5) is 8.66. The van der Waals surface area contributed by atoms with Crippen LogP contribution >= 0.6 is 11.3 Å². The summed E-state index contributed by atoms with van der Waals surface area (Å²) in [6.07, 6.45) is 5.32. The number of thiazole rings is 1. The maximum absolute atomic E-state index is 4.95. The van der Waals surface area contributed by atoms with Gasteiger partial charge in [0.05, 0.1) is 5.69 Å². The van der Waals surface area contributed by atoms with Crippen molar-refractivity contribution in [3.63, 3.8) is 0 Å². The van der Waals surface area contributed by atoms with Crippen LogP contribution in [0.4, 0.5) is 5.13 Å². The Kier molecular flexibility index (Phi) is 4.56. The fraction of sp³-hybridized carbons (Fsp3) is 0.471. The first-order chi connectivity index (χ1) is 10.3. The van der Waals surface area contributed by atoms with Crippen LogP contribution in [0.1, 0.15) is 30.6 Å². The van der Waals surface area contributed by atoms with E-state index < -0.39 is 0 Å². The van der Waals surface area contributed by atoms with Gasteiger partial charge in [-0.1, -0.05) is 54.5 Å². The van der Waals surface area contributed by atoms with Crippen LogP contribution < -0.4 is 10.2 Å². The van der Waals surface area contributed by atoms with Crippen molar-refractivity contribution in [2.45, 2.75) is 38.3 Å². The van der Waals surface area contributed by atoms with Gasteiger partial charge in [0.25, 0.3) is 0 Å². The molecule has 3 nitrogen and oxygen atoms in total. The summed E-state index contributed by atoms with van der Waals surface area (Å²) in [7, 11) is 4.20. The van der Waals surface area contributed by atoms with E-state index in [4.69, 9.17) is 4.98 Å². The summed E-state index contributed by atoms with van der Waals surface area (Å²) in [6, 6.07) is 11.2. The van der Waals surface area contributed by atoms with Crippen LogP contribution in [0.5, 0.6) is 0 Å². The van der Waals surface area contributed by atoms with E-state index in [1.54, 1.807) is 0 Å². The van der Waals surface area contributed by atoms with Crippen molar-refractivity contribution < 1.29 is 0 Å². The van der Waals surface area contributed by atoms with Gasteiger partial charge in [0.2, 0.25) is 0 Å². The Bertz CT molecular complexity index is 573. The molecule has 1 N–H and O–H groups in total. The average Bonchev–Trinajstić information content (AvgIpc) is 3.18. The van der Waals surface area contributed by atoms with E-state index in [2.05, 4.69) is 47.6 Å². The molecule has 112 valence electrons. The van der Waals surface area contributed by atoms with Crippen LogP contribution in [0.2, 0.25) is 0 Å². The molecular weight excluding hydrogens is 278 g/mol. The lowest BCUT2D eigenvalue weighted by Crippen LogP contribution is -2.28.